The molecule has 0 radical (unpaired) electrons. The number of nitrogens with zero attached hydrogens (tertiary/aromatic N) is 4. The van der Waals surface area contributed by atoms with Gasteiger partial charge in [-0.3, -0.25) is 19.1 Å². The van der Waals surface area contributed by atoms with Gasteiger partial charge in [-0.05, 0) is 11.6 Å². The second kappa shape index (κ2) is 5.69. The highest BCUT2D eigenvalue weighted by atomic mass is 16.7. The number of carbonyl (C=O) groups is 1. The maximum Gasteiger partial charge on any atom is 0.268 e. The molecule has 0 amide bonds. The van der Waals surface area contributed by atoms with Crippen LogP contribution in [0.25, 0.3) is 0 Å². The lowest BCUT2D eigenvalue weighted by Gasteiger charge is -2.08. The zero-order valence-corrected chi connectivity index (χ0v) is 10.1. The molecule has 2 rings (SSSR count). The minimum atomic E-state index is -0.800. The number of hydrazine groups is 1. The summed E-state index contributed by atoms with van der Waals surface area (Å²) < 4.78 is 1.10. The van der Waals surface area contributed by atoms with Crippen LogP contribution < -0.4 is 11.0 Å². The molecule has 0 aromatic carbocycles. The van der Waals surface area contributed by atoms with Crippen molar-refractivity contribution in [3.63, 3.8) is 0 Å². The van der Waals surface area contributed by atoms with Gasteiger partial charge in [0.1, 0.15) is 5.69 Å². The molecule has 2 aromatic heterocycles. The number of nitrogens with one attached hydrogen (secondary N) is 1. The Morgan fingerprint density at radius 3 is 2.75 bits per heavy atom. The van der Waals surface area contributed by atoms with E-state index in [1.807, 2.05) is 5.43 Å². The van der Waals surface area contributed by atoms with Crippen LogP contribution in [0.1, 0.15) is 16.1 Å². The second-order valence-electron chi connectivity index (χ2n) is 3.77. The van der Waals surface area contributed by atoms with E-state index in [0.717, 1.165) is 4.57 Å². The summed E-state index contributed by atoms with van der Waals surface area (Å²) in [6, 6.07) is 4.29. The number of aldehydes is 1. The summed E-state index contributed by atoms with van der Waals surface area (Å²) in [5, 5.41) is 9.66. The summed E-state index contributed by atoms with van der Waals surface area (Å²) in [7, 11) is 0. The largest absolute Gasteiger partial charge is 0.296 e. The van der Waals surface area contributed by atoms with Gasteiger partial charge in [-0.15, -0.1) is 0 Å². The Balaban J connectivity index is 2.33. The fourth-order valence-electron chi connectivity index (χ4n) is 1.54. The van der Waals surface area contributed by atoms with E-state index in [1.54, 1.807) is 6.07 Å². The second-order valence-corrected chi connectivity index (χ2v) is 3.77. The van der Waals surface area contributed by atoms with Crippen LogP contribution in [0.4, 0.5) is 5.95 Å². The molecular formula is C11H9N5O4. The number of hydrogen-bond donors (Lipinski definition) is 1. The molecule has 0 unspecified atom stereocenters. The molecule has 9 heteroatoms. The highest BCUT2D eigenvalue weighted by Crippen LogP contribution is 2.05. The lowest BCUT2D eigenvalue weighted by Crippen LogP contribution is -2.26. The number of rotatable bonds is 5. The maximum atomic E-state index is 11.7. The van der Waals surface area contributed by atoms with Crippen molar-refractivity contribution in [2.45, 2.75) is 6.54 Å². The summed E-state index contributed by atoms with van der Waals surface area (Å²) in [6.45, 7) is 0.0506. The summed E-state index contributed by atoms with van der Waals surface area (Å²) in [5.41, 5.74) is 2.28. The molecule has 1 N–H and O–H groups in total. The Labute approximate surface area is 112 Å². The predicted molar refractivity (Wildman–Crippen MR) is 67.8 cm³/mol. The van der Waals surface area contributed by atoms with Crippen molar-refractivity contribution in [1.82, 2.24) is 14.5 Å². The lowest BCUT2D eigenvalue weighted by atomic mass is 10.2. The van der Waals surface area contributed by atoms with E-state index in [1.165, 1.54) is 24.5 Å². The quantitative estimate of drug-likeness (QED) is 0.466. The third-order valence-electron chi connectivity index (χ3n) is 2.44. The van der Waals surface area contributed by atoms with Gasteiger partial charge < -0.3 is 0 Å². The van der Waals surface area contributed by atoms with Crippen LogP contribution in [0.2, 0.25) is 0 Å². The third-order valence-corrected chi connectivity index (χ3v) is 2.44. The van der Waals surface area contributed by atoms with Crippen molar-refractivity contribution >= 4 is 12.2 Å². The Morgan fingerprint density at radius 2 is 2.15 bits per heavy atom. The van der Waals surface area contributed by atoms with E-state index in [9.17, 15) is 19.7 Å². The fraction of sp³-hybridized carbons (Fsp3) is 0.0909. The zero-order chi connectivity index (χ0) is 14.5. The molecule has 0 fully saturated rings. The van der Waals surface area contributed by atoms with Gasteiger partial charge in [-0.1, -0.05) is 11.5 Å². The van der Waals surface area contributed by atoms with Crippen LogP contribution >= 0.6 is 0 Å². The molecule has 2 aromatic rings. The molecule has 0 bridgehead atoms. The Hall–Kier alpha value is -3.10. The Kier molecular flexibility index (Phi) is 3.80. The van der Waals surface area contributed by atoms with Gasteiger partial charge in [-0.2, -0.15) is 0 Å². The Morgan fingerprint density at radius 1 is 1.35 bits per heavy atom. The van der Waals surface area contributed by atoms with Crippen molar-refractivity contribution in [2.24, 2.45) is 0 Å². The van der Waals surface area contributed by atoms with Crippen LogP contribution in [0, 0.1) is 10.1 Å². The van der Waals surface area contributed by atoms with E-state index in [4.69, 9.17) is 0 Å². The van der Waals surface area contributed by atoms with Gasteiger partial charge in [0.15, 0.2) is 11.3 Å². The summed E-state index contributed by atoms with van der Waals surface area (Å²) in [5.74, 6) is -0.179. The topological polar surface area (TPSA) is 120 Å². The molecule has 0 atom stereocenters. The zero-order valence-electron chi connectivity index (χ0n) is 10.1. The molecule has 0 aliphatic carbocycles. The van der Waals surface area contributed by atoms with Gasteiger partial charge in [0.05, 0.1) is 6.54 Å². The Bertz CT molecular complexity index is 695. The van der Waals surface area contributed by atoms with E-state index in [2.05, 4.69) is 9.97 Å². The van der Waals surface area contributed by atoms with Crippen LogP contribution in [0.15, 0.2) is 35.4 Å². The first kappa shape index (κ1) is 13.3. The number of aromatic nitrogens is 3. The predicted octanol–water partition coefficient (Wildman–Crippen LogP) is 0.103. The molecule has 9 nitrogen and oxygen atoms in total. The van der Waals surface area contributed by atoms with Gasteiger partial charge in [0, 0.05) is 18.5 Å². The SMILES string of the molecule is O=Cc1ccc(Cn2c(N[N+](=O)[O-])nccc2=O)cn1. The molecule has 0 aliphatic rings. The summed E-state index contributed by atoms with van der Waals surface area (Å²) >= 11 is 0. The van der Waals surface area contributed by atoms with Crippen LogP contribution in [0.3, 0.4) is 0 Å². The van der Waals surface area contributed by atoms with Crippen molar-refractivity contribution in [1.29, 1.82) is 0 Å². The van der Waals surface area contributed by atoms with Crippen LogP contribution in [-0.2, 0) is 6.54 Å². The standard InChI is InChI=1S/C11H9N5O4/c17-7-9-2-1-8(5-13-9)6-15-10(18)3-4-12-11(15)14-16(19)20/h1-5,7H,6H2,(H,12,14). The fourth-order valence-corrected chi connectivity index (χ4v) is 1.54. The van der Waals surface area contributed by atoms with Crippen molar-refractivity contribution in [3.8, 4) is 0 Å². The highest BCUT2D eigenvalue weighted by molar-refractivity contribution is 5.71. The van der Waals surface area contributed by atoms with Crippen LogP contribution in [0.5, 0.6) is 0 Å². The third kappa shape index (κ3) is 3.02. The number of nitro groups is 1. The molecule has 0 saturated carbocycles. The normalized spacial score (nSPS) is 10.0. The highest BCUT2D eigenvalue weighted by Gasteiger charge is 2.10. The van der Waals surface area contributed by atoms with Gasteiger partial charge >= 0.3 is 0 Å². The average molecular weight is 275 g/mol. The molecule has 20 heavy (non-hydrogen) atoms. The monoisotopic (exact) mass is 275 g/mol. The van der Waals surface area contributed by atoms with Crippen molar-refractivity contribution < 1.29 is 9.83 Å². The maximum absolute atomic E-state index is 11.7. The summed E-state index contributed by atoms with van der Waals surface area (Å²) in [6.07, 6.45) is 3.19. The van der Waals surface area contributed by atoms with E-state index >= 15 is 0 Å². The van der Waals surface area contributed by atoms with E-state index < -0.39 is 10.6 Å². The first-order valence-corrected chi connectivity index (χ1v) is 5.47. The number of hydrogen-bond acceptors (Lipinski definition) is 6. The number of carbonyl (C=O) groups excluding carboxylic acids is 1. The summed E-state index contributed by atoms with van der Waals surface area (Å²) in [4.78, 5) is 40.3. The molecule has 0 aliphatic heterocycles. The number of pyridine rings is 1. The van der Waals surface area contributed by atoms with E-state index in [0.29, 0.717) is 11.8 Å². The first-order chi connectivity index (χ1) is 9.60. The van der Waals surface area contributed by atoms with Gasteiger partial charge in [-0.25, -0.2) is 15.1 Å². The molecule has 0 saturated heterocycles. The minimum absolute atomic E-state index is 0.0506. The smallest absolute Gasteiger partial charge is 0.268 e. The molecule has 102 valence electrons. The van der Waals surface area contributed by atoms with Crippen molar-refractivity contribution in [3.05, 3.63) is 62.3 Å². The van der Waals surface area contributed by atoms with E-state index in [-0.39, 0.29) is 18.2 Å². The lowest BCUT2D eigenvalue weighted by molar-refractivity contribution is -0.446. The minimum Gasteiger partial charge on any atom is -0.296 e. The molecule has 2 heterocycles. The van der Waals surface area contributed by atoms with Crippen molar-refractivity contribution in [2.75, 3.05) is 5.43 Å². The number of anilines is 1. The van der Waals surface area contributed by atoms with Crippen LogP contribution in [-0.4, -0.2) is 25.9 Å². The molecule has 0 spiro atoms. The average Bonchev–Trinajstić information content (AvgIpc) is 2.43. The van der Waals surface area contributed by atoms with Gasteiger partial charge in [0.25, 0.3) is 11.5 Å². The van der Waals surface area contributed by atoms with Gasteiger partial charge in [0.2, 0.25) is 0 Å². The molecular weight excluding hydrogens is 266 g/mol. The first-order valence-electron chi connectivity index (χ1n) is 5.47.